The monoisotopic (exact) mass is 416 g/mol. The number of amides is 1. The summed E-state index contributed by atoms with van der Waals surface area (Å²) in [5.41, 5.74) is 4.59. The van der Waals surface area contributed by atoms with Crippen LogP contribution in [-0.2, 0) is 4.79 Å². The molecule has 0 saturated carbocycles. The molecule has 0 unspecified atom stereocenters. The molecule has 4 rings (SSSR count). The van der Waals surface area contributed by atoms with Gasteiger partial charge in [0, 0.05) is 42.8 Å². The first-order valence-corrected chi connectivity index (χ1v) is 10.6. The number of carbonyl (C=O) groups is 1. The Morgan fingerprint density at radius 1 is 1.03 bits per heavy atom. The highest BCUT2D eigenvalue weighted by Crippen LogP contribution is 2.25. The number of hydrogen-bond acceptors (Lipinski definition) is 6. The fraction of sp³-hybridized carbons (Fsp3) is 0.292. The Bertz CT molecular complexity index is 1050. The second-order valence-electron chi connectivity index (χ2n) is 7.93. The fourth-order valence-corrected chi connectivity index (χ4v) is 3.65. The third kappa shape index (κ3) is 5.38. The van der Waals surface area contributed by atoms with Crippen LogP contribution in [0.5, 0.6) is 0 Å². The summed E-state index contributed by atoms with van der Waals surface area (Å²) in [7, 11) is 4.03. The number of carbonyl (C=O) groups excluding carboxylic acids is 1. The minimum absolute atomic E-state index is 0.0157. The quantitative estimate of drug-likeness (QED) is 0.563. The molecule has 3 aromatic rings. The zero-order chi connectivity index (χ0) is 21.6. The topological polar surface area (TPSA) is 82.2 Å². The van der Waals surface area contributed by atoms with Crippen LogP contribution >= 0.6 is 0 Å². The van der Waals surface area contributed by atoms with E-state index < -0.39 is 0 Å². The molecule has 1 fully saturated rings. The standard InChI is InChI=1S/C24H28N6O/c1-30(2)20-10-5-7-17(13-20)22-15-23(27-16-26-22)28-18-8-6-9-19(14-18)29-24(31)21-11-3-4-12-25-21/h5-10,13-16,21,25H,3-4,11-12H2,1-2H3,(H,29,31)(H,26,27,28)/t21-/m0/s1. The van der Waals surface area contributed by atoms with Crippen molar-refractivity contribution in [1.29, 1.82) is 0 Å². The third-order valence-corrected chi connectivity index (χ3v) is 5.35. The lowest BCUT2D eigenvalue weighted by atomic mass is 10.0. The normalized spacial score (nSPS) is 15.9. The number of nitrogens with one attached hydrogen (secondary N) is 3. The van der Waals surface area contributed by atoms with Gasteiger partial charge in [-0.1, -0.05) is 24.6 Å². The van der Waals surface area contributed by atoms with Crippen molar-refractivity contribution >= 4 is 28.8 Å². The van der Waals surface area contributed by atoms with Crippen LogP contribution in [0.1, 0.15) is 19.3 Å². The van der Waals surface area contributed by atoms with Gasteiger partial charge in [-0.15, -0.1) is 0 Å². The van der Waals surface area contributed by atoms with E-state index in [0.717, 1.165) is 54.1 Å². The molecule has 1 aromatic heterocycles. The molecule has 1 amide bonds. The highest BCUT2D eigenvalue weighted by atomic mass is 16.2. The number of rotatable bonds is 6. The van der Waals surface area contributed by atoms with Crippen LogP contribution in [0.4, 0.5) is 22.9 Å². The zero-order valence-electron chi connectivity index (χ0n) is 17.9. The van der Waals surface area contributed by atoms with E-state index in [1.807, 2.05) is 56.6 Å². The van der Waals surface area contributed by atoms with E-state index in [-0.39, 0.29) is 11.9 Å². The molecule has 1 aliphatic rings. The van der Waals surface area contributed by atoms with Gasteiger partial charge in [-0.05, 0) is 49.7 Å². The molecular formula is C24H28N6O. The van der Waals surface area contributed by atoms with Gasteiger partial charge >= 0.3 is 0 Å². The molecule has 0 bridgehead atoms. The van der Waals surface area contributed by atoms with Crippen molar-refractivity contribution in [3.05, 3.63) is 60.9 Å². The molecule has 0 radical (unpaired) electrons. The molecular weight excluding hydrogens is 388 g/mol. The summed E-state index contributed by atoms with van der Waals surface area (Å²) >= 11 is 0. The van der Waals surface area contributed by atoms with E-state index >= 15 is 0 Å². The highest BCUT2D eigenvalue weighted by molar-refractivity contribution is 5.95. The van der Waals surface area contributed by atoms with Crippen molar-refractivity contribution < 1.29 is 4.79 Å². The van der Waals surface area contributed by atoms with Gasteiger partial charge in [0.25, 0.3) is 0 Å². The molecule has 0 spiro atoms. The van der Waals surface area contributed by atoms with Gasteiger partial charge in [0.15, 0.2) is 0 Å². The molecule has 1 atom stereocenters. The van der Waals surface area contributed by atoms with Crippen LogP contribution in [0.3, 0.4) is 0 Å². The molecule has 2 aromatic carbocycles. The van der Waals surface area contributed by atoms with Crippen molar-refractivity contribution in [2.24, 2.45) is 0 Å². The van der Waals surface area contributed by atoms with Crippen molar-refractivity contribution in [3.8, 4) is 11.3 Å². The Hall–Kier alpha value is -3.45. The molecule has 3 N–H and O–H groups in total. The van der Waals surface area contributed by atoms with E-state index in [9.17, 15) is 4.79 Å². The molecule has 31 heavy (non-hydrogen) atoms. The van der Waals surface area contributed by atoms with Crippen molar-refractivity contribution in [1.82, 2.24) is 15.3 Å². The van der Waals surface area contributed by atoms with Crippen LogP contribution in [-0.4, -0.2) is 42.6 Å². The molecule has 1 aliphatic heterocycles. The van der Waals surface area contributed by atoms with Gasteiger partial charge in [0.05, 0.1) is 11.7 Å². The average Bonchev–Trinajstić information content (AvgIpc) is 2.80. The van der Waals surface area contributed by atoms with Gasteiger partial charge in [0.2, 0.25) is 5.91 Å². The number of piperidine rings is 1. The maximum Gasteiger partial charge on any atom is 0.241 e. The van der Waals surface area contributed by atoms with Gasteiger partial charge in [-0.2, -0.15) is 0 Å². The van der Waals surface area contributed by atoms with Crippen LogP contribution < -0.4 is 20.9 Å². The first kappa shape index (κ1) is 20.8. The lowest BCUT2D eigenvalue weighted by Gasteiger charge is -2.22. The van der Waals surface area contributed by atoms with Crippen LogP contribution in [0.15, 0.2) is 60.9 Å². The van der Waals surface area contributed by atoms with Crippen molar-refractivity contribution in [2.75, 3.05) is 36.2 Å². The van der Waals surface area contributed by atoms with E-state index in [1.165, 1.54) is 0 Å². The maximum atomic E-state index is 12.5. The van der Waals surface area contributed by atoms with Gasteiger partial charge in [-0.25, -0.2) is 9.97 Å². The van der Waals surface area contributed by atoms with Crippen LogP contribution in [0.25, 0.3) is 11.3 Å². The molecule has 2 heterocycles. The molecule has 160 valence electrons. The van der Waals surface area contributed by atoms with E-state index in [1.54, 1.807) is 6.33 Å². The SMILES string of the molecule is CN(C)c1cccc(-c2cc(Nc3cccc(NC(=O)[C@@H]4CCCCN4)c3)ncn2)c1. The Balaban J connectivity index is 1.47. The minimum Gasteiger partial charge on any atom is -0.378 e. The smallest absolute Gasteiger partial charge is 0.241 e. The molecule has 7 nitrogen and oxygen atoms in total. The number of nitrogens with zero attached hydrogens (tertiary/aromatic N) is 3. The fourth-order valence-electron chi connectivity index (χ4n) is 3.65. The van der Waals surface area contributed by atoms with Gasteiger partial charge in [-0.3, -0.25) is 4.79 Å². The minimum atomic E-state index is -0.118. The van der Waals surface area contributed by atoms with E-state index in [4.69, 9.17) is 0 Å². The van der Waals surface area contributed by atoms with Crippen LogP contribution in [0.2, 0.25) is 0 Å². The number of aromatic nitrogens is 2. The first-order chi connectivity index (χ1) is 15.1. The summed E-state index contributed by atoms with van der Waals surface area (Å²) in [6.45, 7) is 0.896. The second-order valence-corrected chi connectivity index (χ2v) is 7.93. The Morgan fingerprint density at radius 3 is 2.68 bits per heavy atom. The summed E-state index contributed by atoms with van der Waals surface area (Å²) in [4.78, 5) is 23.3. The lowest BCUT2D eigenvalue weighted by molar-refractivity contribution is -0.118. The summed E-state index contributed by atoms with van der Waals surface area (Å²) in [5, 5.41) is 9.61. The Kier molecular flexibility index (Phi) is 6.43. The van der Waals surface area contributed by atoms with Gasteiger partial charge in [0.1, 0.15) is 12.1 Å². The van der Waals surface area contributed by atoms with Crippen molar-refractivity contribution in [3.63, 3.8) is 0 Å². The number of anilines is 4. The molecule has 1 saturated heterocycles. The maximum absolute atomic E-state index is 12.5. The summed E-state index contributed by atoms with van der Waals surface area (Å²) < 4.78 is 0. The van der Waals surface area contributed by atoms with Gasteiger partial charge < -0.3 is 20.9 Å². The Morgan fingerprint density at radius 2 is 1.87 bits per heavy atom. The summed E-state index contributed by atoms with van der Waals surface area (Å²) in [5.74, 6) is 0.708. The number of benzene rings is 2. The zero-order valence-corrected chi connectivity index (χ0v) is 17.9. The summed E-state index contributed by atoms with van der Waals surface area (Å²) in [6, 6.07) is 17.7. The third-order valence-electron chi connectivity index (χ3n) is 5.35. The largest absolute Gasteiger partial charge is 0.378 e. The molecule has 0 aliphatic carbocycles. The first-order valence-electron chi connectivity index (χ1n) is 10.6. The van der Waals surface area contributed by atoms with Crippen molar-refractivity contribution in [2.45, 2.75) is 25.3 Å². The van der Waals surface area contributed by atoms with E-state index in [0.29, 0.717) is 5.82 Å². The second kappa shape index (κ2) is 9.57. The predicted molar refractivity (Wildman–Crippen MR) is 126 cm³/mol. The lowest BCUT2D eigenvalue weighted by Crippen LogP contribution is -2.43. The predicted octanol–water partition coefficient (Wildman–Crippen LogP) is 4.03. The highest BCUT2D eigenvalue weighted by Gasteiger charge is 2.20. The van der Waals surface area contributed by atoms with E-state index in [2.05, 4.69) is 43.0 Å². The summed E-state index contributed by atoms with van der Waals surface area (Å²) in [6.07, 6.45) is 4.65. The van der Waals surface area contributed by atoms with Crippen LogP contribution in [0, 0.1) is 0 Å². The number of hydrogen-bond donors (Lipinski definition) is 3. The average molecular weight is 417 g/mol. The molecule has 7 heteroatoms. The Labute approximate surface area is 182 Å².